The predicted molar refractivity (Wildman–Crippen MR) is 87.4 cm³/mol. The Morgan fingerprint density at radius 2 is 1.76 bits per heavy atom. The van der Waals surface area contributed by atoms with Gasteiger partial charge in [-0.3, -0.25) is 4.79 Å². The van der Waals surface area contributed by atoms with Crippen LogP contribution in [0.2, 0.25) is 0 Å². The Hall–Kier alpha value is -1.32. The molecule has 1 heterocycles. The van der Waals surface area contributed by atoms with E-state index in [1.165, 1.54) is 24.8 Å². The molecule has 0 saturated carbocycles. The molecule has 4 heteroatoms. The van der Waals surface area contributed by atoms with Gasteiger partial charge in [0.1, 0.15) is 0 Å². The molecule has 0 unspecified atom stereocenters. The van der Waals surface area contributed by atoms with Crippen molar-refractivity contribution in [2.24, 2.45) is 21.4 Å². The van der Waals surface area contributed by atoms with E-state index in [0.717, 1.165) is 43.4 Å². The van der Waals surface area contributed by atoms with Crippen LogP contribution in [0, 0.1) is 5.92 Å². The summed E-state index contributed by atoms with van der Waals surface area (Å²) >= 11 is 0. The van der Waals surface area contributed by atoms with Gasteiger partial charge in [-0.05, 0) is 43.2 Å². The summed E-state index contributed by atoms with van der Waals surface area (Å²) in [6.07, 6.45) is 8.52. The van der Waals surface area contributed by atoms with Crippen molar-refractivity contribution in [1.29, 1.82) is 0 Å². The Balaban J connectivity index is 2.99. The minimum absolute atomic E-state index is 0.195. The number of hydrogen-bond donors (Lipinski definition) is 0. The molecule has 0 bridgehead atoms. The van der Waals surface area contributed by atoms with E-state index >= 15 is 0 Å². The zero-order valence-electron chi connectivity index (χ0n) is 14.0. The maximum Gasteiger partial charge on any atom is 0.299 e. The highest BCUT2D eigenvalue weighted by Gasteiger charge is 2.25. The van der Waals surface area contributed by atoms with Gasteiger partial charge in [0.15, 0.2) is 0 Å². The maximum atomic E-state index is 12.2. The molecule has 1 amide bonds. The summed E-state index contributed by atoms with van der Waals surface area (Å²) in [6, 6.07) is 0. The second-order valence-corrected chi connectivity index (χ2v) is 5.62. The summed E-state index contributed by atoms with van der Waals surface area (Å²) in [7, 11) is 0. The number of allylic oxidation sites excluding steroid dienone is 1. The molecule has 118 valence electrons. The van der Waals surface area contributed by atoms with Gasteiger partial charge in [-0.25, -0.2) is 0 Å². The lowest BCUT2D eigenvalue weighted by Crippen LogP contribution is -2.19. The second-order valence-electron chi connectivity index (χ2n) is 5.62. The van der Waals surface area contributed by atoms with Crippen LogP contribution in [-0.2, 0) is 4.79 Å². The lowest BCUT2D eigenvalue weighted by atomic mass is 9.85. The Morgan fingerprint density at radius 3 is 2.33 bits per heavy atom. The van der Waals surface area contributed by atoms with Crippen molar-refractivity contribution < 1.29 is 4.79 Å². The quantitative estimate of drug-likeness (QED) is 0.411. The fraction of sp³-hybridized carbons (Fsp3) is 0.765. The monoisotopic (exact) mass is 291 g/mol. The molecule has 0 fully saturated rings. The standard InChI is InChI=1S/C17H29N3O/c1-5-9-10-11-12-15-16(17(21)19-20-18-15)14(8-4)13(6-2)7-3/h13H,5-12H2,1-4H3. The van der Waals surface area contributed by atoms with E-state index in [-0.39, 0.29) is 5.91 Å². The summed E-state index contributed by atoms with van der Waals surface area (Å²) < 4.78 is 0. The fourth-order valence-electron chi connectivity index (χ4n) is 3.01. The highest BCUT2D eigenvalue weighted by atomic mass is 16.2. The fourth-order valence-corrected chi connectivity index (χ4v) is 3.01. The van der Waals surface area contributed by atoms with E-state index < -0.39 is 0 Å². The van der Waals surface area contributed by atoms with Crippen LogP contribution in [0.4, 0.5) is 0 Å². The lowest BCUT2D eigenvalue weighted by Gasteiger charge is -2.21. The molecule has 0 spiro atoms. The van der Waals surface area contributed by atoms with Crippen LogP contribution < -0.4 is 0 Å². The minimum atomic E-state index is -0.195. The van der Waals surface area contributed by atoms with Gasteiger partial charge in [0, 0.05) is 0 Å². The number of nitrogens with zero attached hydrogens (tertiary/aromatic N) is 3. The molecule has 4 nitrogen and oxygen atoms in total. The molecule has 21 heavy (non-hydrogen) atoms. The molecular formula is C17H29N3O. The second kappa shape index (κ2) is 9.59. The number of carbonyl (C=O) groups is 1. The van der Waals surface area contributed by atoms with E-state index in [0.29, 0.717) is 5.92 Å². The molecule has 1 rings (SSSR count). The van der Waals surface area contributed by atoms with Gasteiger partial charge in [0.05, 0.1) is 11.3 Å². The molecule has 0 aromatic heterocycles. The Kier molecular flexibility index (Phi) is 8.09. The summed E-state index contributed by atoms with van der Waals surface area (Å²) in [5, 5.41) is 11.5. The Morgan fingerprint density at radius 1 is 1.05 bits per heavy atom. The number of amides is 1. The number of rotatable bonds is 9. The van der Waals surface area contributed by atoms with Crippen molar-refractivity contribution in [3.05, 3.63) is 11.1 Å². The predicted octanol–water partition coefficient (Wildman–Crippen LogP) is 5.45. The average molecular weight is 291 g/mol. The molecule has 1 aliphatic heterocycles. The zero-order chi connectivity index (χ0) is 15.7. The first-order valence-electron chi connectivity index (χ1n) is 8.44. The highest BCUT2D eigenvalue weighted by Crippen LogP contribution is 2.29. The molecule has 1 aliphatic rings. The summed E-state index contributed by atoms with van der Waals surface area (Å²) in [5.74, 6) is 0.252. The van der Waals surface area contributed by atoms with E-state index in [1.807, 2.05) is 0 Å². The van der Waals surface area contributed by atoms with Crippen LogP contribution in [0.25, 0.3) is 0 Å². The average Bonchev–Trinajstić information content (AvgIpc) is 2.50. The molecular weight excluding hydrogens is 262 g/mol. The van der Waals surface area contributed by atoms with Gasteiger partial charge in [0.25, 0.3) is 5.91 Å². The van der Waals surface area contributed by atoms with E-state index in [1.54, 1.807) is 0 Å². The van der Waals surface area contributed by atoms with Crippen LogP contribution in [0.3, 0.4) is 0 Å². The first kappa shape index (κ1) is 17.7. The normalized spacial score (nSPS) is 17.4. The van der Waals surface area contributed by atoms with E-state index in [2.05, 4.69) is 43.1 Å². The first-order valence-corrected chi connectivity index (χ1v) is 8.44. The van der Waals surface area contributed by atoms with Crippen LogP contribution in [0.1, 0.15) is 79.1 Å². The molecule has 0 aromatic carbocycles. The topological polar surface area (TPSA) is 54.1 Å². The van der Waals surface area contributed by atoms with E-state index in [9.17, 15) is 4.79 Å². The molecule has 0 atom stereocenters. The van der Waals surface area contributed by atoms with Crippen LogP contribution in [-0.4, -0.2) is 11.6 Å². The molecule has 0 aliphatic carbocycles. The first-order chi connectivity index (χ1) is 10.2. The third kappa shape index (κ3) is 4.87. The summed E-state index contributed by atoms with van der Waals surface area (Å²) in [4.78, 5) is 12.2. The lowest BCUT2D eigenvalue weighted by molar-refractivity contribution is -0.114. The van der Waals surface area contributed by atoms with Crippen molar-refractivity contribution in [3.63, 3.8) is 0 Å². The van der Waals surface area contributed by atoms with Gasteiger partial charge in [-0.1, -0.05) is 57.6 Å². The molecule has 0 saturated heterocycles. The van der Waals surface area contributed by atoms with Gasteiger partial charge >= 0.3 is 0 Å². The van der Waals surface area contributed by atoms with Crippen LogP contribution >= 0.6 is 0 Å². The minimum Gasteiger partial charge on any atom is -0.265 e. The number of unbranched alkanes of at least 4 members (excludes halogenated alkanes) is 3. The maximum absolute atomic E-state index is 12.2. The van der Waals surface area contributed by atoms with Crippen molar-refractivity contribution in [2.45, 2.75) is 79.1 Å². The summed E-state index contributed by atoms with van der Waals surface area (Å²) in [5.41, 5.74) is 2.84. The Labute approximate surface area is 128 Å². The third-order valence-electron chi connectivity index (χ3n) is 4.25. The van der Waals surface area contributed by atoms with Gasteiger partial charge in [-0.15, -0.1) is 5.10 Å². The smallest absolute Gasteiger partial charge is 0.265 e. The Bertz CT molecular complexity index is 431. The van der Waals surface area contributed by atoms with Crippen LogP contribution in [0.5, 0.6) is 0 Å². The van der Waals surface area contributed by atoms with Crippen LogP contribution in [0.15, 0.2) is 26.6 Å². The van der Waals surface area contributed by atoms with E-state index in [4.69, 9.17) is 0 Å². The summed E-state index contributed by atoms with van der Waals surface area (Å²) in [6.45, 7) is 8.67. The number of hydrogen-bond acceptors (Lipinski definition) is 3. The largest absolute Gasteiger partial charge is 0.299 e. The van der Waals surface area contributed by atoms with Crippen molar-refractivity contribution in [1.82, 2.24) is 0 Å². The highest BCUT2D eigenvalue weighted by molar-refractivity contribution is 6.23. The zero-order valence-corrected chi connectivity index (χ0v) is 14.0. The third-order valence-corrected chi connectivity index (χ3v) is 4.25. The van der Waals surface area contributed by atoms with Gasteiger partial charge in [-0.2, -0.15) is 0 Å². The molecule has 0 aromatic rings. The number of carbonyl (C=O) groups excluding carboxylic acids is 1. The van der Waals surface area contributed by atoms with Crippen molar-refractivity contribution >= 4 is 11.6 Å². The van der Waals surface area contributed by atoms with Gasteiger partial charge in [0.2, 0.25) is 0 Å². The molecule has 0 radical (unpaired) electrons. The van der Waals surface area contributed by atoms with Crippen molar-refractivity contribution in [2.75, 3.05) is 0 Å². The SMILES string of the molecule is CCCCCCC1=NN=NC(=O)C1=C(CC)C(CC)CC. The van der Waals surface area contributed by atoms with Crippen molar-refractivity contribution in [3.8, 4) is 0 Å². The van der Waals surface area contributed by atoms with Gasteiger partial charge < -0.3 is 0 Å². The molecule has 0 N–H and O–H groups in total.